The van der Waals surface area contributed by atoms with Gasteiger partial charge in [-0.2, -0.15) is 0 Å². The third-order valence-electron chi connectivity index (χ3n) is 7.12. The second-order valence-corrected chi connectivity index (χ2v) is 10.9. The number of carbonyl (C=O) groups excluding carboxylic acids is 3. The van der Waals surface area contributed by atoms with Gasteiger partial charge in [0.15, 0.2) is 6.17 Å². The van der Waals surface area contributed by atoms with Crippen LogP contribution in [-0.2, 0) is 20.8 Å². The zero-order chi connectivity index (χ0) is 31.0. The van der Waals surface area contributed by atoms with E-state index in [0.717, 1.165) is 18.5 Å². The summed E-state index contributed by atoms with van der Waals surface area (Å²) in [6.07, 6.45) is 17.2. The van der Waals surface area contributed by atoms with E-state index in [1.165, 1.54) is 57.8 Å². The van der Waals surface area contributed by atoms with Crippen LogP contribution < -0.4 is 26.0 Å². The smallest absolute Gasteiger partial charge is 0.263 e. The Morgan fingerprint density at radius 2 is 1.49 bits per heavy atom. The summed E-state index contributed by atoms with van der Waals surface area (Å²) in [7, 11) is 0. The minimum absolute atomic E-state index is 0.0675. The van der Waals surface area contributed by atoms with Gasteiger partial charge < -0.3 is 26.0 Å². The fraction of sp³-hybridized carbons (Fsp3) is 0.588. The zero-order valence-corrected chi connectivity index (χ0v) is 26.3. The molecule has 9 nitrogen and oxygen atoms in total. The highest BCUT2D eigenvalue weighted by Gasteiger charge is 2.20. The normalized spacial score (nSPS) is 11.4. The van der Waals surface area contributed by atoms with Gasteiger partial charge in [-0.05, 0) is 62.1 Å². The van der Waals surface area contributed by atoms with Crippen LogP contribution in [-0.4, -0.2) is 48.6 Å². The number of aromatic nitrogens is 1. The van der Waals surface area contributed by atoms with Crippen molar-refractivity contribution in [3.63, 3.8) is 0 Å². The SMILES string of the molecule is CCCCCCCCCCCCNC(=O)CCCOc1ccc(NC(NC(=O)CCc2cccnc2)C(=O)NCC)cc1. The second-order valence-electron chi connectivity index (χ2n) is 10.9. The largest absolute Gasteiger partial charge is 0.494 e. The van der Waals surface area contributed by atoms with E-state index in [1.54, 1.807) is 36.7 Å². The number of ether oxygens (including phenoxy) is 1. The van der Waals surface area contributed by atoms with E-state index in [0.29, 0.717) is 43.9 Å². The number of anilines is 1. The number of benzene rings is 1. The average molecular weight is 596 g/mol. The third-order valence-corrected chi connectivity index (χ3v) is 7.12. The van der Waals surface area contributed by atoms with Gasteiger partial charge in [0, 0.05) is 44.0 Å². The third kappa shape index (κ3) is 17.2. The van der Waals surface area contributed by atoms with E-state index in [2.05, 4.69) is 33.2 Å². The molecule has 1 heterocycles. The van der Waals surface area contributed by atoms with Crippen LogP contribution in [0.15, 0.2) is 48.8 Å². The Kier molecular flexibility index (Phi) is 19.0. The van der Waals surface area contributed by atoms with Crippen LogP contribution in [0.25, 0.3) is 0 Å². The molecular weight excluding hydrogens is 542 g/mol. The van der Waals surface area contributed by atoms with Crippen LogP contribution in [0.3, 0.4) is 0 Å². The number of likely N-dealkylation sites (N-methyl/N-ethyl adjacent to an activating group) is 1. The molecular formula is C34H53N5O4. The standard InChI is InChI=1S/C34H53N5O4/c1-3-5-6-7-8-9-10-11-12-13-25-37-31(40)17-15-26-43-30-21-19-29(20-22-30)38-33(34(42)36-4-2)39-32(41)23-18-28-16-14-24-35-27-28/h14,16,19-22,24,27,33,38H,3-13,15,17-18,23,25-26H2,1-2H3,(H,36,42)(H,37,40)(H,39,41). The van der Waals surface area contributed by atoms with Crippen molar-refractivity contribution >= 4 is 23.4 Å². The van der Waals surface area contributed by atoms with Crippen molar-refractivity contribution in [3.05, 3.63) is 54.4 Å². The van der Waals surface area contributed by atoms with E-state index >= 15 is 0 Å². The highest BCUT2D eigenvalue weighted by atomic mass is 16.5. The van der Waals surface area contributed by atoms with Crippen molar-refractivity contribution in [2.24, 2.45) is 0 Å². The topological polar surface area (TPSA) is 121 Å². The molecule has 1 unspecified atom stereocenters. The van der Waals surface area contributed by atoms with Crippen LogP contribution in [0.1, 0.15) is 103 Å². The Balaban J connectivity index is 1.61. The lowest BCUT2D eigenvalue weighted by atomic mass is 10.1. The number of unbranched alkanes of at least 4 members (excludes halogenated alkanes) is 9. The minimum atomic E-state index is -0.910. The van der Waals surface area contributed by atoms with E-state index in [-0.39, 0.29) is 24.1 Å². The van der Waals surface area contributed by atoms with Crippen molar-refractivity contribution in [1.82, 2.24) is 20.9 Å². The predicted molar refractivity (Wildman–Crippen MR) is 173 cm³/mol. The molecule has 9 heteroatoms. The highest BCUT2D eigenvalue weighted by Crippen LogP contribution is 2.17. The number of hydrogen-bond donors (Lipinski definition) is 4. The van der Waals surface area contributed by atoms with Crippen LogP contribution in [0, 0.1) is 0 Å². The van der Waals surface area contributed by atoms with Gasteiger partial charge in [-0.1, -0.05) is 70.8 Å². The van der Waals surface area contributed by atoms with Gasteiger partial charge in [0.1, 0.15) is 5.75 Å². The number of carbonyl (C=O) groups is 3. The Hall–Kier alpha value is -3.62. The Morgan fingerprint density at radius 1 is 0.791 bits per heavy atom. The Bertz CT molecular complexity index is 1030. The zero-order valence-electron chi connectivity index (χ0n) is 26.3. The maximum Gasteiger partial charge on any atom is 0.263 e. The Morgan fingerprint density at radius 3 is 2.14 bits per heavy atom. The number of nitrogens with one attached hydrogen (secondary N) is 4. The van der Waals surface area contributed by atoms with E-state index in [4.69, 9.17) is 4.74 Å². The summed E-state index contributed by atoms with van der Waals surface area (Å²) in [5.74, 6) is 0.188. The molecule has 0 aliphatic rings. The molecule has 0 radical (unpaired) electrons. The number of rotatable bonds is 24. The number of nitrogens with zero attached hydrogens (tertiary/aromatic N) is 1. The molecule has 1 aromatic heterocycles. The van der Waals surface area contributed by atoms with Crippen LogP contribution in [0.4, 0.5) is 5.69 Å². The first-order valence-electron chi connectivity index (χ1n) is 16.2. The molecule has 2 rings (SSSR count). The summed E-state index contributed by atoms with van der Waals surface area (Å²) in [4.78, 5) is 41.3. The average Bonchev–Trinajstić information content (AvgIpc) is 3.02. The molecule has 0 aliphatic carbocycles. The van der Waals surface area contributed by atoms with Crippen molar-refractivity contribution in [2.45, 2.75) is 110 Å². The van der Waals surface area contributed by atoms with Gasteiger partial charge in [-0.25, -0.2) is 0 Å². The lowest BCUT2D eigenvalue weighted by molar-refractivity contribution is -0.128. The summed E-state index contributed by atoms with van der Waals surface area (Å²) >= 11 is 0. The van der Waals surface area contributed by atoms with E-state index in [1.807, 2.05) is 19.1 Å². The monoisotopic (exact) mass is 595 g/mol. The minimum Gasteiger partial charge on any atom is -0.494 e. The maximum absolute atomic E-state index is 12.6. The molecule has 0 fully saturated rings. The molecule has 0 aliphatic heterocycles. The summed E-state index contributed by atoms with van der Waals surface area (Å²) in [6.45, 7) is 5.71. The molecule has 0 saturated carbocycles. The summed E-state index contributed by atoms with van der Waals surface area (Å²) in [5.41, 5.74) is 1.63. The molecule has 3 amide bonds. The van der Waals surface area contributed by atoms with Gasteiger partial charge in [-0.15, -0.1) is 0 Å². The van der Waals surface area contributed by atoms with Gasteiger partial charge in [0.25, 0.3) is 5.91 Å². The van der Waals surface area contributed by atoms with Crippen LogP contribution in [0.5, 0.6) is 5.75 Å². The van der Waals surface area contributed by atoms with E-state index < -0.39 is 6.17 Å². The second kappa shape index (κ2) is 22.9. The van der Waals surface area contributed by atoms with E-state index in [9.17, 15) is 14.4 Å². The molecule has 0 saturated heterocycles. The number of amides is 3. The first-order chi connectivity index (χ1) is 21.0. The highest BCUT2D eigenvalue weighted by molar-refractivity contribution is 5.89. The predicted octanol–water partition coefficient (Wildman–Crippen LogP) is 5.90. The molecule has 2 aromatic rings. The number of aryl methyl sites for hydroxylation is 1. The first-order valence-corrected chi connectivity index (χ1v) is 16.2. The van der Waals surface area contributed by atoms with Crippen LogP contribution in [0.2, 0.25) is 0 Å². The lowest BCUT2D eigenvalue weighted by Crippen LogP contribution is -2.51. The molecule has 43 heavy (non-hydrogen) atoms. The molecule has 0 spiro atoms. The number of hydrogen-bond acceptors (Lipinski definition) is 6. The molecule has 238 valence electrons. The summed E-state index contributed by atoms with van der Waals surface area (Å²) < 4.78 is 5.79. The maximum atomic E-state index is 12.6. The molecule has 1 atom stereocenters. The molecule has 4 N–H and O–H groups in total. The van der Waals surface area contributed by atoms with Gasteiger partial charge >= 0.3 is 0 Å². The fourth-order valence-electron chi connectivity index (χ4n) is 4.65. The van der Waals surface area contributed by atoms with Crippen molar-refractivity contribution in [3.8, 4) is 5.75 Å². The lowest BCUT2D eigenvalue weighted by Gasteiger charge is -2.20. The first kappa shape index (κ1) is 35.6. The van der Waals surface area contributed by atoms with Crippen molar-refractivity contribution in [2.75, 3.05) is 25.0 Å². The van der Waals surface area contributed by atoms with Gasteiger partial charge in [0.2, 0.25) is 11.8 Å². The Labute approximate surface area is 258 Å². The molecule has 0 bridgehead atoms. The summed E-state index contributed by atoms with van der Waals surface area (Å²) in [5, 5.41) is 11.6. The quantitative estimate of drug-likeness (QED) is 0.0886. The number of pyridine rings is 1. The van der Waals surface area contributed by atoms with Gasteiger partial charge in [-0.3, -0.25) is 19.4 Å². The summed E-state index contributed by atoms with van der Waals surface area (Å²) in [6, 6.07) is 10.9. The van der Waals surface area contributed by atoms with Gasteiger partial charge in [0.05, 0.1) is 6.61 Å². The van der Waals surface area contributed by atoms with Crippen molar-refractivity contribution in [1.29, 1.82) is 0 Å². The van der Waals surface area contributed by atoms with Crippen molar-refractivity contribution < 1.29 is 19.1 Å². The van der Waals surface area contributed by atoms with Crippen LogP contribution >= 0.6 is 0 Å². The fourth-order valence-corrected chi connectivity index (χ4v) is 4.65. The molecule has 1 aromatic carbocycles.